The van der Waals surface area contributed by atoms with Gasteiger partial charge in [0.15, 0.2) is 5.75 Å². The third-order valence-corrected chi connectivity index (χ3v) is 4.14. The number of carbonyl (C=O) groups excluding carboxylic acids is 1. The van der Waals surface area contributed by atoms with Crippen molar-refractivity contribution in [3.63, 3.8) is 0 Å². The first kappa shape index (κ1) is 12.0. The molecule has 2 unspecified atom stereocenters. The predicted molar refractivity (Wildman–Crippen MR) is 68.0 cm³/mol. The smallest absolute Gasteiger partial charge is 0.339 e. The maximum absolute atomic E-state index is 12.0. The highest BCUT2D eigenvalue weighted by Gasteiger charge is 2.48. The number of rotatable bonds is 3. The van der Waals surface area contributed by atoms with Gasteiger partial charge in [-0.05, 0) is 43.2 Å². The summed E-state index contributed by atoms with van der Waals surface area (Å²) in [5, 5.41) is 21.4. The zero-order valence-corrected chi connectivity index (χ0v) is 10.3. The van der Waals surface area contributed by atoms with Gasteiger partial charge in [-0.1, -0.05) is 6.07 Å². The first-order valence-corrected chi connectivity index (χ1v) is 6.42. The highest BCUT2D eigenvalue weighted by atomic mass is 16.4. The number of amides is 1. The Labute approximate surface area is 110 Å². The number of carbonyl (C=O) groups is 2. The van der Waals surface area contributed by atoms with E-state index < -0.39 is 5.97 Å². The second-order valence-electron chi connectivity index (χ2n) is 5.42. The summed E-state index contributed by atoms with van der Waals surface area (Å²) in [6.07, 6.45) is 3.06. The lowest BCUT2D eigenvalue weighted by Crippen LogP contribution is -2.21. The van der Waals surface area contributed by atoms with Crippen LogP contribution in [0.4, 0.5) is 5.69 Å². The number of aromatic carboxylic acids is 1. The summed E-state index contributed by atoms with van der Waals surface area (Å²) >= 11 is 0. The Morgan fingerprint density at radius 2 is 1.84 bits per heavy atom. The van der Waals surface area contributed by atoms with E-state index in [1.165, 1.54) is 24.6 Å². The quantitative estimate of drug-likeness (QED) is 0.727. The molecule has 5 nitrogen and oxygen atoms in total. The first-order valence-electron chi connectivity index (χ1n) is 6.42. The van der Waals surface area contributed by atoms with Crippen LogP contribution in [0.5, 0.6) is 5.75 Å². The van der Waals surface area contributed by atoms with Gasteiger partial charge < -0.3 is 15.5 Å². The van der Waals surface area contributed by atoms with Gasteiger partial charge in [0.25, 0.3) is 0 Å². The van der Waals surface area contributed by atoms with Gasteiger partial charge in [0.05, 0.1) is 5.69 Å². The molecule has 2 fully saturated rings. The summed E-state index contributed by atoms with van der Waals surface area (Å²) in [5.74, 6) is -0.312. The summed E-state index contributed by atoms with van der Waals surface area (Å²) in [4.78, 5) is 22.9. The van der Waals surface area contributed by atoms with Crippen molar-refractivity contribution in [1.82, 2.24) is 0 Å². The van der Waals surface area contributed by atoms with E-state index in [4.69, 9.17) is 5.11 Å². The molecule has 0 spiro atoms. The molecule has 2 aliphatic rings. The van der Waals surface area contributed by atoms with E-state index in [1.54, 1.807) is 0 Å². The van der Waals surface area contributed by atoms with Gasteiger partial charge in [0, 0.05) is 5.92 Å². The van der Waals surface area contributed by atoms with Gasteiger partial charge in [-0.3, -0.25) is 4.79 Å². The standard InChI is InChI=1S/C14H15NO4/c16-12-10(14(18)19)2-1-3-11(12)15-13(17)9-5-7-4-8(7)6-9/h1-3,7-9,16H,4-6H2,(H,15,17)(H,18,19). The SMILES string of the molecule is O=C(O)c1cccc(NC(=O)C2CC3CC3C2)c1O. The summed E-state index contributed by atoms with van der Waals surface area (Å²) in [7, 11) is 0. The topological polar surface area (TPSA) is 86.6 Å². The normalized spacial score (nSPS) is 27.7. The molecular formula is C14H15NO4. The summed E-state index contributed by atoms with van der Waals surface area (Å²) in [6.45, 7) is 0. The number of hydrogen-bond donors (Lipinski definition) is 3. The Bertz CT molecular complexity index is 544. The second kappa shape index (κ2) is 4.26. The summed E-state index contributed by atoms with van der Waals surface area (Å²) < 4.78 is 0. The van der Waals surface area contributed by atoms with Gasteiger partial charge in [-0.25, -0.2) is 4.79 Å². The largest absolute Gasteiger partial charge is 0.505 e. The Morgan fingerprint density at radius 1 is 1.16 bits per heavy atom. The number of carboxylic acids is 1. The predicted octanol–water partition coefficient (Wildman–Crippen LogP) is 2.07. The molecule has 0 heterocycles. The Hall–Kier alpha value is -2.04. The number of benzene rings is 1. The summed E-state index contributed by atoms with van der Waals surface area (Å²) in [6, 6.07) is 4.32. The molecule has 0 bridgehead atoms. The van der Waals surface area contributed by atoms with Crippen molar-refractivity contribution in [2.45, 2.75) is 19.3 Å². The molecule has 1 aromatic rings. The Kier molecular flexibility index (Phi) is 2.69. The van der Waals surface area contributed by atoms with Gasteiger partial charge in [-0.15, -0.1) is 0 Å². The van der Waals surface area contributed by atoms with Gasteiger partial charge >= 0.3 is 5.97 Å². The lowest BCUT2D eigenvalue weighted by Gasteiger charge is -2.14. The molecule has 0 radical (unpaired) electrons. The van der Waals surface area contributed by atoms with Crippen molar-refractivity contribution in [3.8, 4) is 5.75 Å². The zero-order chi connectivity index (χ0) is 13.6. The molecule has 2 saturated carbocycles. The van der Waals surface area contributed by atoms with Crippen molar-refractivity contribution in [2.24, 2.45) is 17.8 Å². The van der Waals surface area contributed by atoms with E-state index in [-0.39, 0.29) is 28.8 Å². The van der Waals surface area contributed by atoms with Gasteiger partial charge in [-0.2, -0.15) is 0 Å². The molecule has 0 aromatic heterocycles. The van der Waals surface area contributed by atoms with Crippen molar-refractivity contribution in [2.75, 3.05) is 5.32 Å². The number of hydrogen-bond acceptors (Lipinski definition) is 3. The number of anilines is 1. The molecule has 2 atom stereocenters. The highest BCUT2D eigenvalue weighted by molar-refractivity contribution is 5.98. The number of nitrogens with one attached hydrogen (secondary N) is 1. The molecular weight excluding hydrogens is 246 g/mol. The maximum Gasteiger partial charge on any atom is 0.339 e. The molecule has 3 rings (SSSR count). The van der Waals surface area contributed by atoms with Crippen LogP contribution in [0, 0.1) is 17.8 Å². The van der Waals surface area contributed by atoms with E-state index in [1.807, 2.05) is 0 Å². The number of aromatic hydroxyl groups is 1. The third kappa shape index (κ3) is 2.16. The van der Waals surface area contributed by atoms with Crippen LogP contribution >= 0.6 is 0 Å². The average molecular weight is 261 g/mol. The van der Waals surface area contributed by atoms with Crippen molar-refractivity contribution in [3.05, 3.63) is 23.8 Å². The van der Waals surface area contributed by atoms with Crippen LogP contribution in [-0.2, 0) is 4.79 Å². The molecule has 1 aromatic carbocycles. The Morgan fingerprint density at radius 3 is 2.47 bits per heavy atom. The van der Waals surface area contributed by atoms with Crippen LogP contribution in [0.2, 0.25) is 0 Å². The number of para-hydroxylation sites is 1. The molecule has 100 valence electrons. The minimum absolute atomic E-state index is 0.00312. The van der Waals surface area contributed by atoms with Crippen molar-refractivity contribution < 1.29 is 19.8 Å². The first-order chi connectivity index (χ1) is 9.06. The average Bonchev–Trinajstić information content (AvgIpc) is 2.98. The second-order valence-corrected chi connectivity index (χ2v) is 5.42. The molecule has 3 N–H and O–H groups in total. The highest BCUT2D eigenvalue weighted by Crippen LogP contribution is 2.54. The van der Waals surface area contributed by atoms with Gasteiger partial charge in [0.2, 0.25) is 5.91 Å². The zero-order valence-electron chi connectivity index (χ0n) is 10.3. The van der Waals surface area contributed by atoms with E-state index in [0.29, 0.717) is 11.8 Å². The fourth-order valence-corrected chi connectivity index (χ4v) is 2.98. The van der Waals surface area contributed by atoms with Crippen LogP contribution in [-0.4, -0.2) is 22.1 Å². The van der Waals surface area contributed by atoms with E-state index in [0.717, 1.165) is 12.8 Å². The monoisotopic (exact) mass is 261 g/mol. The van der Waals surface area contributed by atoms with Crippen LogP contribution in [0.3, 0.4) is 0 Å². The minimum Gasteiger partial charge on any atom is -0.505 e. The van der Waals surface area contributed by atoms with Crippen LogP contribution in [0.1, 0.15) is 29.6 Å². The number of phenols is 1. The lowest BCUT2D eigenvalue weighted by atomic mass is 10.0. The molecule has 19 heavy (non-hydrogen) atoms. The third-order valence-electron chi connectivity index (χ3n) is 4.14. The molecule has 1 amide bonds. The van der Waals surface area contributed by atoms with E-state index >= 15 is 0 Å². The Balaban J connectivity index is 1.74. The van der Waals surface area contributed by atoms with Crippen LogP contribution in [0.15, 0.2) is 18.2 Å². The van der Waals surface area contributed by atoms with Crippen LogP contribution in [0.25, 0.3) is 0 Å². The van der Waals surface area contributed by atoms with Crippen molar-refractivity contribution >= 4 is 17.6 Å². The molecule has 0 aliphatic heterocycles. The number of fused-ring (bicyclic) bond motifs is 1. The fraction of sp³-hybridized carbons (Fsp3) is 0.429. The lowest BCUT2D eigenvalue weighted by molar-refractivity contribution is -0.120. The minimum atomic E-state index is -1.21. The molecule has 0 saturated heterocycles. The summed E-state index contributed by atoms with van der Waals surface area (Å²) in [5.41, 5.74) is -0.0301. The van der Waals surface area contributed by atoms with Crippen molar-refractivity contribution in [1.29, 1.82) is 0 Å². The number of carboxylic acid groups (broad SMARTS) is 1. The van der Waals surface area contributed by atoms with Crippen LogP contribution < -0.4 is 5.32 Å². The fourth-order valence-electron chi connectivity index (χ4n) is 2.98. The molecule has 5 heteroatoms. The maximum atomic E-state index is 12.0. The van der Waals surface area contributed by atoms with Gasteiger partial charge in [0.1, 0.15) is 5.56 Å². The van der Waals surface area contributed by atoms with E-state index in [2.05, 4.69) is 5.32 Å². The molecule has 2 aliphatic carbocycles. The van der Waals surface area contributed by atoms with E-state index in [9.17, 15) is 14.7 Å².